The van der Waals surface area contributed by atoms with E-state index in [1.807, 2.05) is 0 Å². The normalized spacial score (nSPS) is 11.5. The molecule has 3 N–H and O–H groups in total. The summed E-state index contributed by atoms with van der Waals surface area (Å²) < 4.78 is 0. The molecule has 0 fully saturated rings. The molecule has 0 amide bonds. The van der Waals surface area contributed by atoms with Crippen LogP contribution >= 0.6 is 7.94 Å². The standard InChI is InChI=1S/C6H8NO3P/c8-11(9,10)5-6-1-3-7-4-2-6/h1-4H,5H2,(H2,8,9,10)/p+1. The molecule has 5 heteroatoms. The Kier molecular flexibility index (Phi) is 2.52. The molecule has 0 aliphatic heterocycles. The topological polar surface area (TPSA) is 77.7 Å². The number of nitrogens with one attached hydrogen (secondary N) is 1. The highest BCUT2D eigenvalue weighted by atomic mass is 31.2. The van der Waals surface area contributed by atoms with Gasteiger partial charge in [-0.15, -0.1) is 0 Å². The zero-order valence-corrected chi connectivity index (χ0v) is 6.66. The van der Waals surface area contributed by atoms with Gasteiger partial charge in [-0.3, -0.25) is 0 Å². The third kappa shape index (κ3) is 3.39. The second-order valence-electron chi connectivity index (χ2n) is 2.23. The average Bonchev–Trinajstić information content (AvgIpc) is 1.85. The summed E-state index contributed by atoms with van der Waals surface area (Å²) in [4.78, 5) is 30.4. The van der Waals surface area contributed by atoms with Crippen molar-refractivity contribution in [3.63, 3.8) is 0 Å². The number of hydrogen-bond acceptors (Lipinski definition) is 3. The van der Waals surface area contributed by atoms with Crippen LogP contribution in [0.15, 0.2) is 24.5 Å². The molecule has 0 saturated heterocycles. The van der Waals surface area contributed by atoms with Gasteiger partial charge in [-0.05, 0) is 0 Å². The number of rotatable bonds is 2. The van der Waals surface area contributed by atoms with Crippen molar-refractivity contribution in [3.8, 4) is 0 Å². The summed E-state index contributed by atoms with van der Waals surface area (Å²) in [7, 11) is -3.90. The fourth-order valence-electron chi connectivity index (χ4n) is 0.765. The minimum Gasteiger partial charge on any atom is -0.632 e. The third-order valence-electron chi connectivity index (χ3n) is 1.18. The van der Waals surface area contributed by atoms with Gasteiger partial charge in [0.05, 0.1) is 0 Å². The first kappa shape index (κ1) is 8.56. The number of hydrogen-bond donors (Lipinski definition) is 2. The van der Waals surface area contributed by atoms with E-state index in [0.717, 1.165) is 0 Å². The Balaban J connectivity index is 2.66. The van der Waals surface area contributed by atoms with Gasteiger partial charge in [0.25, 0.3) is 0 Å². The molecule has 0 aliphatic carbocycles. The van der Waals surface area contributed by atoms with Crippen LogP contribution in [-0.4, -0.2) is 9.79 Å². The van der Waals surface area contributed by atoms with Crippen molar-refractivity contribution in [1.82, 2.24) is 0 Å². The molecular formula is C6H9NO3P+. The average molecular weight is 174 g/mol. The molecule has 0 aromatic carbocycles. The summed E-state index contributed by atoms with van der Waals surface area (Å²) in [6.07, 6.45) is 3.07. The fraction of sp³-hybridized carbons (Fsp3) is 0.167. The second kappa shape index (κ2) is 3.24. The Morgan fingerprint density at radius 2 is 1.91 bits per heavy atom. The van der Waals surface area contributed by atoms with Crippen molar-refractivity contribution < 1.29 is 19.7 Å². The number of pyridine rings is 1. The highest BCUT2D eigenvalue weighted by molar-refractivity contribution is 7.56. The summed E-state index contributed by atoms with van der Waals surface area (Å²) in [5, 5.41) is 0. The molecule has 0 aliphatic rings. The lowest BCUT2D eigenvalue weighted by Crippen LogP contribution is -2.10. The van der Waals surface area contributed by atoms with Crippen molar-refractivity contribution in [2.75, 3.05) is 0 Å². The predicted molar refractivity (Wildman–Crippen MR) is 38.1 cm³/mol. The number of aromatic amines is 1. The molecule has 0 saturated carbocycles. The molecule has 4 nitrogen and oxygen atoms in total. The zero-order valence-electron chi connectivity index (χ0n) is 5.77. The van der Waals surface area contributed by atoms with Gasteiger partial charge < -0.3 is 4.89 Å². The molecule has 0 radical (unpaired) electrons. The SMILES string of the molecule is [O-][P+](O)(O)Cc1cc[nH+]cc1. The maximum Gasteiger partial charge on any atom is 0.234 e. The van der Waals surface area contributed by atoms with Crippen LogP contribution in [0.3, 0.4) is 0 Å². The third-order valence-corrected chi connectivity index (χ3v) is 1.95. The first-order chi connectivity index (χ1) is 5.08. The van der Waals surface area contributed by atoms with E-state index < -0.39 is 7.94 Å². The van der Waals surface area contributed by atoms with E-state index in [9.17, 15) is 4.89 Å². The first-order valence-corrected chi connectivity index (χ1v) is 4.87. The highest BCUT2D eigenvalue weighted by Gasteiger charge is 2.18. The molecule has 0 atom stereocenters. The van der Waals surface area contributed by atoms with E-state index in [4.69, 9.17) is 9.79 Å². The smallest absolute Gasteiger partial charge is 0.234 e. The molecule has 1 aromatic rings. The van der Waals surface area contributed by atoms with Crippen LogP contribution in [0.1, 0.15) is 5.56 Å². The van der Waals surface area contributed by atoms with Crippen molar-refractivity contribution in [2.45, 2.75) is 6.16 Å². The maximum absolute atomic E-state index is 10.5. The molecule has 60 valence electrons. The van der Waals surface area contributed by atoms with E-state index in [2.05, 4.69) is 4.98 Å². The van der Waals surface area contributed by atoms with E-state index in [0.29, 0.717) is 5.56 Å². The van der Waals surface area contributed by atoms with Crippen LogP contribution in [0.2, 0.25) is 0 Å². The molecular weight excluding hydrogens is 165 g/mol. The van der Waals surface area contributed by atoms with Crippen LogP contribution in [0.5, 0.6) is 0 Å². The molecule has 0 unspecified atom stereocenters. The lowest BCUT2D eigenvalue weighted by molar-refractivity contribution is -0.378. The quantitative estimate of drug-likeness (QED) is 0.571. The van der Waals surface area contributed by atoms with E-state index in [-0.39, 0.29) is 6.16 Å². The predicted octanol–water partition coefficient (Wildman–Crippen LogP) is -0.892. The van der Waals surface area contributed by atoms with E-state index in [1.165, 1.54) is 0 Å². The maximum atomic E-state index is 10.5. The van der Waals surface area contributed by atoms with Gasteiger partial charge in [0.2, 0.25) is 7.94 Å². The lowest BCUT2D eigenvalue weighted by atomic mass is 10.3. The Morgan fingerprint density at radius 1 is 1.36 bits per heavy atom. The summed E-state index contributed by atoms with van der Waals surface area (Å²) in [5.74, 6) is 0. The highest BCUT2D eigenvalue weighted by Crippen LogP contribution is 2.42. The summed E-state index contributed by atoms with van der Waals surface area (Å²) in [6, 6.07) is 3.28. The monoisotopic (exact) mass is 174 g/mol. The lowest BCUT2D eigenvalue weighted by Gasteiger charge is -2.13. The Morgan fingerprint density at radius 3 is 2.36 bits per heavy atom. The largest absolute Gasteiger partial charge is 0.632 e. The Labute approximate surface area is 64.7 Å². The van der Waals surface area contributed by atoms with Crippen LogP contribution in [0, 0.1) is 0 Å². The van der Waals surface area contributed by atoms with Gasteiger partial charge in [0.15, 0.2) is 12.4 Å². The van der Waals surface area contributed by atoms with Crippen molar-refractivity contribution in [2.24, 2.45) is 0 Å². The van der Waals surface area contributed by atoms with Crippen molar-refractivity contribution >= 4 is 7.94 Å². The second-order valence-corrected chi connectivity index (χ2v) is 3.88. The molecule has 0 spiro atoms. The molecule has 1 rings (SSSR count). The van der Waals surface area contributed by atoms with Crippen LogP contribution in [0.4, 0.5) is 0 Å². The Bertz CT molecular complexity index is 221. The van der Waals surface area contributed by atoms with Gasteiger partial charge in [0, 0.05) is 17.7 Å². The van der Waals surface area contributed by atoms with Crippen molar-refractivity contribution in [1.29, 1.82) is 0 Å². The van der Waals surface area contributed by atoms with Gasteiger partial charge in [-0.25, -0.2) is 14.8 Å². The van der Waals surface area contributed by atoms with E-state index >= 15 is 0 Å². The summed E-state index contributed by atoms with van der Waals surface area (Å²) in [6.45, 7) is 0. The summed E-state index contributed by atoms with van der Waals surface area (Å²) in [5.41, 5.74) is 0.636. The number of H-pyrrole nitrogens is 1. The van der Waals surface area contributed by atoms with Gasteiger partial charge in [0.1, 0.15) is 6.16 Å². The number of aromatic nitrogens is 1. The molecule has 1 heterocycles. The van der Waals surface area contributed by atoms with Crippen LogP contribution in [-0.2, 0) is 6.16 Å². The van der Waals surface area contributed by atoms with E-state index in [1.54, 1.807) is 24.5 Å². The molecule has 11 heavy (non-hydrogen) atoms. The first-order valence-electron chi connectivity index (χ1n) is 3.07. The minimum atomic E-state index is -3.90. The Hall–Kier alpha value is -0.540. The summed E-state index contributed by atoms with van der Waals surface area (Å²) >= 11 is 0. The van der Waals surface area contributed by atoms with Crippen LogP contribution < -0.4 is 9.88 Å². The van der Waals surface area contributed by atoms with Gasteiger partial charge in [-0.2, -0.15) is 0 Å². The fourth-order valence-corrected chi connectivity index (χ4v) is 1.45. The van der Waals surface area contributed by atoms with Crippen molar-refractivity contribution in [3.05, 3.63) is 30.1 Å². The van der Waals surface area contributed by atoms with Gasteiger partial charge in [-0.1, -0.05) is 0 Å². The minimum absolute atomic E-state index is 0.193. The zero-order chi connectivity index (χ0) is 8.32. The van der Waals surface area contributed by atoms with Crippen LogP contribution in [0.25, 0.3) is 0 Å². The molecule has 0 bridgehead atoms. The molecule has 1 aromatic heterocycles. The van der Waals surface area contributed by atoms with Gasteiger partial charge >= 0.3 is 0 Å².